The Hall–Kier alpha value is -0.830. The molecule has 1 rings (SSSR count). The molecule has 1 fully saturated rings. The van der Waals surface area contributed by atoms with Gasteiger partial charge in [0.1, 0.15) is 6.10 Å². The van der Waals surface area contributed by atoms with E-state index in [1.54, 1.807) is 0 Å². The SMILES string of the molecule is C=C(COCC)C(=O)OC1CCCCC1. The zero-order chi connectivity index (χ0) is 11.1. The van der Waals surface area contributed by atoms with Crippen LogP contribution >= 0.6 is 0 Å². The molecule has 0 N–H and O–H groups in total. The van der Waals surface area contributed by atoms with Crippen molar-refractivity contribution in [2.45, 2.75) is 45.1 Å². The van der Waals surface area contributed by atoms with Crippen LogP contribution in [0.1, 0.15) is 39.0 Å². The first kappa shape index (κ1) is 12.2. The van der Waals surface area contributed by atoms with E-state index in [4.69, 9.17) is 9.47 Å². The fraction of sp³-hybridized carbons (Fsp3) is 0.750. The molecular weight excluding hydrogens is 192 g/mol. The van der Waals surface area contributed by atoms with Gasteiger partial charge in [-0.3, -0.25) is 0 Å². The van der Waals surface area contributed by atoms with Gasteiger partial charge in [-0.25, -0.2) is 4.79 Å². The molecule has 15 heavy (non-hydrogen) atoms. The van der Waals surface area contributed by atoms with Crippen LogP contribution in [0.2, 0.25) is 0 Å². The number of rotatable bonds is 5. The molecule has 0 bridgehead atoms. The van der Waals surface area contributed by atoms with E-state index >= 15 is 0 Å². The van der Waals surface area contributed by atoms with Crippen molar-refractivity contribution in [1.29, 1.82) is 0 Å². The maximum Gasteiger partial charge on any atom is 0.336 e. The van der Waals surface area contributed by atoms with Crippen LogP contribution in [0.5, 0.6) is 0 Å². The number of esters is 1. The minimum Gasteiger partial charge on any atom is -0.459 e. The van der Waals surface area contributed by atoms with Gasteiger partial charge in [0.05, 0.1) is 12.2 Å². The molecule has 0 aliphatic heterocycles. The molecule has 0 saturated heterocycles. The summed E-state index contributed by atoms with van der Waals surface area (Å²) < 4.78 is 10.4. The van der Waals surface area contributed by atoms with Crippen LogP contribution in [-0.2, 0) is 14.3 Å². The molecule has 3 nitrogen and oxygen atoms in total. The average Bonchev–Trinajstić information content (AvgIpc) is 2.27. The van der Waals surface area contributed by atoms with Gasteiger partial charge in [-0.15, -0.1) is 0 Å². The summed E-state index contributed by atoms with van der Waals surface area (Å²) in [6.45, 7) is 6.42. The van der Waals surface area contributed by atoms with Crippen molar-refractivity contribution >= 4 is 5.97 Å². The summed E-state index contributed by atoms with van der Waals surface area (Å²) >= 11 is 0. The third-order valence-electron chi connectivity index (χ3n) is 2.59. The first-order valence-corrected chi connectivity index (χ1v) is 5.70. The van der Waals surface area contributed by atoms with E-state index < -0.39 is 0 Å². The van der Waals surface area contributed by atoms with Gasteiger partial charge >= 0.3 is 5.97 Å². The molecule has 0 radical (unpaired) electrons. The van der Waals surface area contributed by atoms with Gasteiger partial charge in [-0.2, -0.15) is 0 Å². The van der Waals surface area contributed by atoms with E-state index in [9.17, 15) is 4.79 Å². The summed E-state index contributed by atoms with van der Waals surface area (Å²) in [6, 6.07) is 0. The van der Waals surface area contributed by atoms with Crippen molar-refractivity contribution < 1.29 is 14.3 Å². The van der Waals surface area contributed by atoms with Gasteiger partial charge in [0.15, 0.2) is 0 Å². The Morgan fingerprint density at radius 3 is 2.60 bits per heavy atom. The Balaban J connectivity index is 2.24. The largest absolute Gasteiger partial charge is 0.459 e. The van der Waals surface area contributed by atoms with Gasteiger partial charge in [-0.1, -0.05) is 13.0 Å². The van der Waals surface area contributed by atoms with Crippen LogP contribution < -0.4 is 0 Å². The average molecular weight is 212 g/mol. The quantitative estimate of drug-likeness (QED) is 0.518. The van der Waals surface area contributed by atoms with Crippen LogP contribution in [0.25, 0.3) is 0 Å². The maximum absolute atomic E-state index is 11.5. The number of ether oxygens (including phenoxy) is 2. The molecule has 0 unspecified atom stereocenters. The van der Waals surface area contributed by atoms with Crippen molar-refractivity contribution in [3.63, 3.8) is 0 Å². The van der Waals surface area contributed by atoms with Crippen molar-refractivity contribution in [3.05, 3.63) is 12.2 Å². The fourth-order valence-electron chi connectivity index (χ4n) is 1.70. The van der Waals surface area contributed by atoms with Crippen LogP contribution in [-0.4, -0.2) is 25.3 Å². The number of hydrogen-bond acceptors (Lipinski definition) is 3. The summed E-state index contributed by atoms with van der Waals surface area (Å²) in [4.78, 5) is 11.5. The second-order valence-electron chi connectivity index (χ2n) is 3.91. The highest BCUT2D eigenvalue weighted by atomic mass is 16.5. The third-order valence-corrected chi connectivity index (χ3v) is 2.59. The number of carbonyl (C=O) groups excluding carboxylic acids is 1. The molecule has 0 amide bonds. The zero-order valence-corrected chi connectivity index (χ0v) is 9.46. The van der Waals surface area contributed by atoms with E-state index in [-0.39, 0.29) is 18.7 Å². The Morgan fingerprint density at radius 1 is 1.33 bits per heavy atom. The highest BCUT2D eigenvalue weighted by Crippen LogP contribution is 2.21. The Morgan fingerprint density at radius 2 is 2.00 bits per heavy atom. The smallest absolute Gasteiger partial charge is 0.336 e. The molecule has 0 atom stereocenters. The van der Waals surface area contributed by atoms with Gasteiger partial charge in [0.25, 0.3) is 0 Å². The molecule has 0 aromatic heterocycles. The van der Waals surface area contributed by atoms with E-state index in [0.717, 1.165) is 25.7 Å². The van der Waals surface area contributed by atoms with Crippen LogP contribution in [0, 0.1) is 0 Å². The van der Waals surface area contributed by atoms with E-state index in [1.807, 2.05) is 6.92 Å². The fourth-order valence-corrected chi connectivity index (χ4v) is 1.70. The molecule has 0 aromatic rings. The van der Waals surface area contributed by atoms with Crippen molar-refractivity contribution in [2.24, 2.45) is 0 Å². The number of hydrogen-bond donors (Lipinski definition) is 0. The topological polar surface area (TPSA) is 35.5 Å². The Labute approximate surface area is 91.4 Å². The molecule has 1 aliphatic carbocycles. The lowest BCUT2D eigenvalue weighted by Gasteiger charge is -2.22. The zero-order valence-electron chi connectivity index (χ0n) is 9.46. The maximum atomic E-state index is 11.5. The third kappa shape index (κ3) is 4.47. The second kappa shape index (κ2) is 6.62. The molecule has 86 valence electrons. The monoisotopic (exact) mass is 212 g/mol. The van der Waals surface area contributed by atoms with Gasteiger partial charge in [0.2, 0.25) is 0 Å². The summed E-state index contributed by atoms with van der Waals surface area (Å²) in [5.41, 5.74) is 0.419. The summed E-state index contributed by atoms with van der Waals surface area (Å²) in [6.07, 6.45) is 5.67. The van der Waals surface area contributed by atoms with Crippen molar-refractivity contribution in [3.8, 4) is 0 Å². The minimum atomic E-state index is -0.296. The first-order valence-electron chi connectivity index (χ1n) is 5.70. The lowest BCUT2D eigenvalue weighted by molar-refractivity contribution is -0.146. The van der Waals surface area contributed by atoms with Crippen LogP contribution in [0.4, 0.5) is 0 Å². The predicted molar refractivity (Wildman–Crippen MR) is 58.6 cm³/mol. The molecule has 1 aliphatic rings. The van der Waals surface area contributed by atoms with E-state index in [1.165, 1.54) is 6.42 Å². The predicted octanol–water partition coefficient (Wildman–Crippen LogP) is 2.46. The second-order valence-corrected chi connectivity index (χ2v) is 3.91. The van der Waals surface area contributed by atoms with Crippen molar-refractivity contribution in [1.82, 2.24) is 0 Å². The Kier molecular flexibility index (Phi) is 5.40. The van der Waals surface area contributed by atoms with E-state index in [2.05, 4.69) is 6.58 Å². The van der Waals surface area contributed by atoms with Gasteiger partial charge < -0.3 is 9.47 Å². The highest BCUT2D eigenvalue weighted by molar-refractivity contribution is 5.88. The molecule has 1 saturated carbocycles. The standard InChI is InChI=1S/C12H20O3/c1-3-14-9-10(2)12(13)15-11-7-5-4-6-8-11/h11H,2-9H2,1H3. The lowest BCUT2D eigenvalue weighted by atomic mass is 9.98. The van der Waals surface area contributed by atoms with Crippen molar-refractivity contribution in [2.75, 3.05) is 13.2 Å². The highest BCUT2D eigenvalue weighted by Gasteiger charge is 2.19. The molecule has 0 aromatic carbocycles. The summed E-state index contributed by atoms with van der Waals surface area (Å²) in [7, 11) is 0. The van der Waals surface area contributed by atoms with Gasteiger partial charge in [-0.05, 0) is 32.6 Å². The van der Waals surface area contributed by atoms with Gasteiger partial charge in [0, 0.05) is 6.61 Å². The molecule has 3 heteroatoms. The first-order chi connectivity index (χ1) is 7.24. The number of carbonyl (C=O) groups is 1. The minimum absolute atomic E-state index is 0.102. The van der Waals surface area contributed by atoms with Crippen LogP contribution in [0.15, 0.2) is 12.2 Å². The summed E-state index contributed by atoms with van der Waals surface area (Å²) in [5.74, 6) is -0.296. The molecule has 0 heterocycles. The van der Waals surface area contributed by atoms with Crippen LogP contribution in [0.3, 0.4) is 0 Å². The molecular formula is C12H20O3. The molecule has 0 spiro atoms. The van der Waals surface area contributed by atoms with E-state index in [0.29, 0.717) is 12.2 Å². The summed E-state index contributed by atoms with van der Waals surface area (Å²) in [5, 5.41) is 0. The lowest BCUT2D eigenvalue weighted by Crippen LogP contribution is -2.22. The Bertz CT molecular complexity index is 217. The normalized spacial score (nSPS) is 17.4.